The Morgan fingerprint density at radius 2 is 2.23 bits per heavy atom. The number of hydrogen-bond acceptors (Lipinski definition) is 6. The van der Waals surface area contributed by atoms with Gasteiger partial charge in [-0.3, -0.25) is 9.78 Å². The topological polar surface area (TPSA) is 71.5 Å². The minimum absolute atomic E-state index is 0.00972. The Kier molecular flexibility index (Phi) is 4.55. The predicted molar refractivity (Wildman–Crippen MR) is 97.6 cm³/mol. The smallest absolute Gasteiger partial charge is 0.228 e. The molecule has 26 heavy (non-hydrogen) atoms. The van der Waals surface area contributed by atoms with Crippen LogP contribution in [-0.2, 0) is 22.5 Å². The highest BCUT2D eigenvalue weighted by atomic mass is 16.5. The van der Waals surface area contributed by atoms with Crippen molar-refractivity contribution in [3.63, 3.8) is 0 Å². The van der Waals surface area contributed by atoms with E-state index < -0.39 is 0 Å². The maximum atomic E-state index is 12.8. The minimum Gasteiger partial charge on any atom is -0.381 e. The van der Waals surface area contributed by atoms with Crippen LogP contribution in [0.2, 0.25) is 0 Å². The summed E-state index contributed by atoms with van der Waals surface area (Å²) in [5.74, 6) is 1.75. The Bertz CT molecular complexity index is 803. The molecule has 7 nitrogen and oxygen atoms in total. The van der Waals surface area contributed by atoms with Crippen molar-refractivity contribution in [2.75, 3.05) is 38.8 Å². The van der Waals surface area contributed by atoms with Crippen molar-refractivity contribution >= 4 is 11.7 Å². The van der Waals surface area contributed by atoms with E-state index in [0.29, 0.717) is 32.1 Å². The third-order valence-corrected chi connectivity index (χ3v) is 4.98. The highest BCUT2D eigenvalue weighted by Crippen LogP contribution is 2.29. The van der Waals surface area contributed by atoms with Crippen molar-refractivity contribution in [3.05, 3.63) is 35.8 Å². The molecule has 0 spiro atoms. The molecular weight excluding hydrogens is 330 g/mol. The Hall–Kier alpha value is -2.54. The van der Waals surface area contributed by atoms with E-state index >= 15 is 0 Å². The van der Waals surface area contributed by atoms with Gasteiger partial charge < -0.3 is 14.5 Å². The van der Waals surface area contributed by atoms with Gasteiger partial charge in [0, 0.05) is 50.8 Å². The van der Waals surface area contributed by atoms with Crippen LogP contribution in [-0.4, -0.2) is 59.6 Å². The van der Waals surface area contributed by atoms with Crippen LogP contribution in [0.3, 0.4) is 0 Å². The summed E-state index contributed by atoms with van der Waals surface area (Å²) in [7, 11) is 3.98. The number of carbonyl (C=O) groups is 1. The summed E-state index contributed by atoms with van der Waals surface area (Å²) in [6.07, 6.45) is 5.09. The lowest BCUT2D eigenvalue weighted by atomic mass is 10.0. The summed E-state index contributed by atoms with van der Waals surface area (Å²) in [5, 5.41) is 0. The molecule has 0 radical (unpaired) electrons. The molecule has 0 bridgehead atoms. The van der Waals surface area contributed by atoms with Gasteiger partial charge in [0.25, 0.3) is 0 Å². The van der Waals surface area contributed by atoms with Gasteiger partial charge in [0.15, 0.2) is 5.82 Å². The van der Waals surface area contributed by atoms with Gasteiger partial charge in [0.2, 0.25) is 5.91 Å². The molecule has 0 N–H and O–H groups in total. The minimum atomic E-state index is -0.00972. The molecule has 1 saturated heterocycles. The quantitative estimate of drug-likeness (QED) is 0.833. The van der Waals surface area contributed by atoms with Crippen LogP contribution in [0.15, 0.2) is 24.5 Å². The molecule has 4 rings (SSSR count). The average molecular weight is 353 g/mol. The number of ether oxygens (including phenoxy) is 1. The lowest BCUT2D eigenvalue weighted by molar-refractivity contribution is -0.136. The largest absolute Gasteiger partial charge is 0.381 e. The summed E-state index contributed by atoms with van der Waals surface area (Å²) in [5.41, 5.74) is 2.95. The molecule has 0 saturated carbocycles. The number of nitrogens with zero attached hydrogens (tertiary/aromatic N) is 5. The number of carbonyl (C=O) groups excluding carboxylic acids is 1. The third-order valence-electron chi connectivity index (χ3n) is 4.98. The first-order valence-corrected chi connectivity index (χ1v) is 8.97. The maximum absolute atomic E-state index is 12.8. The Morgan fingerprint density at radius 1 is 1.35 bits per heavy atom. The summed E-state index contributed by atoms with van der Waals surface area (Å²) >= 11 is 0. The van der Waals surface area contributed by atoms with E-state index in [1.54, 1.807) is 12.4 Å². The number of amides is 1. The predicted octanol–water partition coefficient (Wildman–Crippen LogP) is 1.53. The van der Waals surface area contributed by atoms with Crippen molar-refractivity contribution in [2.24, 2.45) is 5.92 Å². The van der Waals surface area contributed by atoms with Gasteiger partial charge in [-0.05, 0) is 25.0 Å². The molecule has 2 aromatic heterocycles. The molecule has 0 aliphatic carbocycles. The molecule has 7 heteroatoms. The second-order valence-electron chi connectivity index (χ2n) is 7.00. The monoisotopic (exact) mass is 353 g/mol. The molecule has 2 aromatic rings. The summed E-state index contributed by atoms with van der Waals surface area (Å²) < 4.78 is 5.38. The van der Waals surface area contributed by atoms with Crippen LogP contribution < -0.4 is 4.90 Å². The zero-order valence-corrected chi connectivity index (χ0v) is 15.2. The van der Waals surface area contributed by atoms with E-state index in [9.17, 15) is 4.79 Å². The number of rotatable bonds is 3. The first-order chi connectivity index (χ1) is 12.6. The van der Waals surface area contributed by atoms with Crippen molar-refractivity contribution in [1.29, 1.82) is 0 Å². The second-order valence-corrected chi connectivity index (χ2v) is 7.00. The zero-order chi connectivity index (χ0) is 18.1. The molecule has 136 valence electrons. The summed E-state index contributed by atoms with van der Waals surface area (Å²) in [6, 6.07) is 3.83. The maximum Gasteiger partial charge on any atom is 0.228 e. The molecular formula is C19H23N5O2. The van der Waals surface area contributed by atoms with Crippen molar-refractivity contribution < 1.29 is 9.53 Å². The number of pyridine rings is 1. The summed E-state index contributed by atoms with van der Waals surface area (Å²) in [4.78, 5) is 30.4. The van der Waals surface area contributed by atoms with Gasteiger partial charge in [0.1, 0.15) is 5.82 Å². The van der Waals surface area contributed by atoms with Crippen molar-refractivity contribution in [1.82, 2.24) is 19.9 Å². The van der Waals surface area contributed by atoms with Crippen molar-refractivity contribution in [3.8, 4) is 11.4 Å². The average Bonchev–Trinajstić information content (AvgIpc) is 3.21. The fourth-order valence-electron chi connectivity index (χ4n) is 3.58. The molecule has 1 amide bonds. The number of anilines is 1. The van der Waals surface area contributed by atoms with Gasteiger partial charge in [-0.15, -0.1) is 0 Å². The molecule has 4 heterocycles. The van der Waals surface area contributed by atoms with E-state index in [-0.39, 0.29) is 11.8 Å². The Morgan fingerprint density at radius 3 is 2.92 bits per heavy atom. The normalized spacial score (nSPS) is 19.3. The van der Waals surface area contributed by atoms with E-state index in [2.05, 4.69) is 4.98 Å². The van der Waals surface area contributed by atoms with Crippen LogP contribution >= 0.6 is 0 Å². The van der Waals surface area contributed by atoms with E-state index in [0.717, 1.165) is 35.5 Å². The van der Waals surface area contributed by atoms with E-state index in [4.69, 9.17) is 14.7 Å². The highest BCUT2D eigenvalue weighted by molar-refractivity contribution is 5.79. The number of hydrogen-bond donors (Lipinski definition) is 0. The van der Waals surface area contributed by atoms with Crippen LogP contribution in [0.25, 0.3) is 11.4 Å². The Labute approximate surface area is 153 Å². The van der Waals surface area contributed by atoms with Gasteiger partial charge >= 0.3 is 0 Å². The first-order valence-electron chi connectivity index (χ1n) is 8.97. The Balaban J connectivity index is 1.68. The van der Waals surface area contributed by atoms with Gasteiger partial charge in [-0.1, -0.05) is 0 Å². The molecule has 1 fully saturated rings. The van der Waals surface area contributed by atoms with Gasteiger partial charge in [0.05, 0.1) is 24.8 Å². The third kappa shape index (κ3) is 3.14. The molecule has 2 aliphatic rings. The van der Waals surface area contributed by atoms with E-state index in [1.807, 2.05) is 36.0 Å². The van der Waals surface area contributed by atoms with Gasteiger partial charge in [-0.2, -0.15) is 0 Å². The fraction of sp³-hybridized carbons (Fsp3) is 0.474. The first kappa shape index (κ1) is 16.9. The SMILES string of the molecule is CN(C)c1nc(-c2cccnc2)nc2c1CCN(C(=O)[C@H]1CCOC1)C2. The van der Waals surface area contributed by atoms with E-state index in [1.165, 1.54) is 0 Å². The molecule has 0 aromatic carbocycles. The van der Waals surface area contributed by atoms with Crippen LogP contribution in [0.4, 0.5) is 5.82 Å². The standard InChI is InChI=1S/C19H23N5O2/c1-23(2)18-15-5-8-24(19(25)14-6-9-26-12-14)11-16(15)21-17(22-18)13-4-3-7-20-10-13/h3-4,7,10,14H,5-6,8-9,11-12H2,1-2H3/t14-/m0/s1. The lowest BCUT2D eigenvalue weighted by Gasteiger charge is -2.32. The molecule has 2 aliphatic heterocycles. The highest BCUT2D eigenvalue weighted by Gasteiger charge is 2.32. The zero-order valence-electron chi connectivity index (χ0n) is 15.2. The number of fused-ring (bicyclic) bond motifs is 1. The van der Waals surface area contributed by atoms with Crippen LogP contribution in [0.1, 0.15) is 17.7 Å². The molecule has 0 unspecified atom stereocenters. The van der Waals surface area contributed by atoms with Crippen molar-refractivity contribution in [2.45, 2.75) is 19.4 Å². The van der Waals surface area contributed by atoms with Crippen LogP contribution in [0.5, 0.6) is 0 Å². The fourth-order valence-corrected chi connectivity index (χ4v) is 3.58. The van der Waals surface area contributed by atoms with Gasteiger partial charge in [-0.25, -0.2) is 9.97 Å². The van der Waals surface area contributed by atoms with Crippen LogP contribution in [0, 0.1) is 5.92 Å². The number of aromatic nitrogens is 3. The second kappa shape index (κ2) is 6.99. The molecule has 1 atom stereocenters. The lowest BCUT2D eigenvalue weighted by Crippen LogP contribution is -2.41. The summed E-state index contributed by atoms with van der Waals surface area (Å²) in [6.45, 7) is 2.45.